The summed E-state index contributed by atoms with van der Waals surface area (Å²) in [5.41, 5.74) is 6.50. The number of hydrogen-bond donors (Lipinski definition) is 2. The van der Waals surface area contributed by atoms with Gasteiger partial charge in [0.2, 0.25) is 5.88 Å². The van der Waals surface area contributed by atoms with Crippen LogP contribution in [-0.2, 0) is 16.9 Å². The van der Waals surface area contributed by atoms with Gasteiger partial charge in [0.15, 0.2) is 9.84 Å². The van der Waals surface area contributed by atoms with Crippen molar-refractivity contribution in [1.29, 1.82) is 5.41 Å². The first-order valence-electron chi connectivity index (χ1n) is 6.06. The third-order valence-corrected chi connectivity index (χ3v) is 4.00. The van der Waals surface area contributed by atoms with Gasteiger partial charge in [-0.2, -0.15) is 5.10 Å². The molecule has 0 unspecified atom stereocenters. The molecule has 2 rings (SSSR count). The highest BCUT2D eigenvalue weighted by Gasteiger charge is 2.18. The highest BCUT2D eigenvalue weighted by Crippen LogP contribution is 2.28. The number of benzene rings is 1. The van der Waals surface area contributed by atoms with E-state index >= 15 is 0 Å². The third kappa shape index (κ3) is 3.05. The van der Waals surface area contributed by atoms with Crippen LogP contribution in [0.3, 0.4) is 0 Å². The van der Waals surface area contributed by atoms with E-state index < -0.39 is 9.84 Å². The third-order valence-electron chi connectivity index (χ3n) is 2.89. The molecule has 0 aliphatic rings. The highest BCUT2D eigenvalue weighted by molar-refractivity contribution is 7.90. The summed E-state index contributed by atoms with van der Waals surface area (Å²) in [6, 6.07) is 6.12. The van der Waals surface area contributed by atoms with Crippen molar-refractivity contribution in [2.45, 2.75) is 11.8 Å². The molecule has 1 heterocycles. The smallest absolute Gasteiger partial charge is 0.228 e. The predicted molar refractivity (Wildman–Crippen MR) is 78.6 cm³/mol. The lowest BCUT2D eigenvalue weighted by Crippen LogP contribution is -2.13. The molecule has 3 N–H and O–H groups in total. The number of sulfone groups is 1. The largest absolute Gasteiger partial charge is 0.438 e. The van der Waals surface area contributed by atoms with Gasteiger partial charge < -0.3 is 10.5 Å². The van der Waals surface area contributed by atoms with Gasteiger partial charge in [-0.1, -0.05) is 6.07 Å². The zero-order valence-corrected chi connectivity index (χ0v) is 12.7. The number of aryl methyl sites for hydroxylation is 2. The number of amidine groups is 1. The maximum absolute atomic E-state index is 11.6. The first-order valence-corrected chi connectivity index (χ1v) is 7.95. The molecule has 0 aliphatic carbocycles. The van der Waals surface area contributed by atoms with Gasteiger partial charge in [-0.05, 0) is 25.1 Å². The Kier molecular flexibility index (Phi) is 3.73. The van der Waals surface area contributed by atoms with Crippen molar-refractivity contribution in [2.75, 3.05) is 6.26 Å². The molecule has 112 valence electrons. The molecule has 0 bridgehead atoms. The van der Waals surface area contributed by atoms with Gasteiger partial charge in [0, 0.05) is 13.3 Å². The van der Waals surface area contributed by atoms with Crippen LogP contribution >= 0.6 is 0 Å². The van der Waals surface area contributed by atoms with Crippen LogP contribution in [0.1, 0.15) is 11.3 Å². The van der Waals surface area contributed by atoms with Crippen molar-refractivity contribution < 1.29 is 13.2 Å². The number of nitrogen functional groups attached to an aromatic ring is 1. The molecule has 8 heteroatoms. The van der Waals surface area contributed by atoms with Gasteiger partial charge in [0.1, 0.15) is 17.1 Å². The molecule has 1 aromatic carbocycles. The summed E-state index contributed by atoms with van der Waals surface area (Å²) in [6.07, 6.45) is 1.13. The number of aromatic nitrogens is 2. The Bertz CT molecular complexity index is 809. The molecule has 0 atom stereocenters. The van der Waals surface area contributed by atoms with Crippen LogP contribution in [0.25, 0.3) is 0 Å². The second-order valence-electron chi connectivity index (χ2n) is 4.65. The van der Waals surface area contributed by atoms with Crippen LogP contribution in [0.5, 0.6) is 11.6 Å². The van der Waals surface area contributed by atoms with Crippen molar-refractivity contribution in [1.82, 2.24) is 9.78 Å². The number of ether oxygens (including phenoxy) is 1. The van der Waals surface area contributed by atoms with Gasteiger partial charge in [-0.3, -0.25) is 5.41 Å². The number of rotatable bonds is 4. The number of hydrogen-bond acceptors (Lipinski definition) is 5. The van der Waals surface area contributed by atoms with E-state index in [-0.39, 0.29) is 10.7 Å². The van der Waals surface area contributed by atoms with Crippen molar-refractivity contribution in [3.63, 3.8) is 0 Å². The van der Waals surface area contributed by atoms with E-state index in [4.69, 9.17) is 15.9 Å². The summed E-state index contributed by atoms with van der Waals surface area (Å²) in [5.74, 6) is 0.476. The van der Waals surface area contributed by atoms with Gasteiger partial charge >= 0.3 is 0 Å². The summed E-state index contributed by atoms with van der Waals surface area (Å²) < 4.78 is 30.2. The van der Waals surface area contributed by atoms with Crippen molar-refractivity contribution in [2.24, 2.45) is 12.8 Å². The quantitative estimate of drug-likeness (QED) is 0.651. The standard InChI is InChI=1S/C13H16N4O3S/c1-8-11(12(14)15)13(17(2)16-8)20-9-5-4-6-10(7-9)21(3,18)19/h4-7H,1-3H3,(H3,14,15). The maximum Gasteiger partial charge on any atom is 0.228 e. The minimum absolute atomic E-state index is 0.156. The fraction of sp³-hybridized carbons (Fsp3) is 0.231. The minimum atomic E-state index is -3.32. The minimum Gasteiger partial charge on any atom is -0.438 e. The van der Waals surface area contributed by atoms with Gasteiger partial charge in [-0.25, -0.2) is 13.1 Å². The van der Waals surface area contributed by atoms with E-state index in [0.717, 1.165) is 6.26 Å². The monoisotopic (exact) mass is 308 g/mol. The van der Waals surface area contributed by atoms with Crippen LogP contribution in [0, 0.1) is 12.3 Å². The van der Waals surface area contributed by atoms with E-state index in [9.17, 15) is 8.42 Å². The van der Waals surface area contributed by atoms with E-state index in [0.29, 0.717) is 22.9 Å². The fourth-order valence-corrected chi connectivity index (χ4v) is 2.60. The van der Waals surface area contributed by atoms with E-state index in [2.05, 4.69) is 5.10 Å². The number of nitrogens with two attached hydrogens (primary N) is 1. The second-order valence-corrected chi connectivity index (χ2v) is 6.67. The van der Waals surface area contributed by atoms with Crippen LogP contribution < -0.4 is 10.5 Å². The van der Waals surface area contributed by atoms with E-state index in [1.54, 1.807) is 26.1 Å². The predicted octanol–water partition coefficient (Wildman–Crippen LogP) is 1.21. The molecule has 1 aromatic heterocycles. The number of nitrogens with zero attached hydrogens (tertiary/aromatic N) is 2. The summed E-state index contributed by atoms with van der Waals surface area (Å²) in [4.78, 5) is 0.156. The molecule has 2 aromatic rings. The molecule has 0 saturated carbocycles. The lowest BCUT2D eigenvalue weighted by Gasteiger charge is -2.09. The summed E-state index contributed by atoms with van der Waals surface area (Å²) in [6.45, 7) is 1.72. The normalized spacial score (nSPS) is 11.4. The van der Waals surface area contributed by atoms with Crippen molar-refractivity contribution in [3.8, 4) is 11.6 Å². The summed E-state index contributed by atoms with van der Waals surface area (Å²) in [7, 11) is -1.66. The molecule has 0 fully saturated rings. The topological polar surface area (TPSA) is 111 Å². The Labute approximate surface area is 122 Å². The Balaban J connectivity index is 2.47. The van der Waals surface area contributed by atoms with Crippen LogP contribution in [-0.4, -0.2) is 30.3 Å². The molecular weight excluding hydrogens is 292 g/mol. The van der Waals surface area contributed by atoms with Crippen LogP contribution in [0.15, 0.2) is 29.2 Å². The SMILES string of the molecule is Cc1nn(C)c(Oc2cccc(S(C)(=O)=O)c2)c1C(=N)N. The Morgan fingerprint density at radius 3 is 2.67 bits per heavy atom. The lowest BCUT2D eigenvalue weighted by atomic mass is 10.2. The Morgan fingerprint density at radius 1 is 1.43 bits per heavy atom. The average Bonchev–Trinajstić information content (AvgIpc) is 2.63. The molecule has 0 aliphatic heterocycles. The van der Waals surface area contributed by atoms with E-state index in [1.807, 2.05) is 0 Å². The molecule has 21 heavy (non-hydrogen) atoms. The Morgan fingerprint density at radius 2 is 2.10 bits per heavy atom. The molecule has 0 spiro atoms. The van der Waals surface area contributed by atoms with E-state index in [1.165, 1.54) is 16.8 Å². The summed E-state index contributed by atoms with van der Waals surface area (Å²) >= 11 is 0. The van der Waals surface area contributed by atoms with Gasteiger partial charge in [0.25, 0.3) is 0 Å². The summed E-state index contributed by atoms with van der Waals surface area (Å²) in [5, 5.41) is 11.7. The van der Waals surface area contributed by atoms with Crippen molar-refractivity contribution >= 4 is 15.7 Å². The zero-order valence-electron chi connectivity index (χ0n) is 11.9. The molecule has 0 saturated heterocycles. The number of nitrogens with one attached hydrogen (secondary N) is 1. The highest BCUT2D eigenvalue weighted by atomic mass is 32.2. The molecular formula is C13H16N4O3S. The molecule has 7 nitrogen and oxygen atoms in total. The first kappa shape index (κ1) is 15.0. The molecule has 0 amide bonds. The lowest BCUT2D eigenvalue weighted by molar-refractivity contribution is 0.428. The molecule has 0 radical (unpaired) electrons. The van der Waals surface area contributed by atoms with Gasteiger partial charge in [-0.15, -0.1) is 0 Å². The first-order chi connectivity index (χ1) is 9.70. The van der Waals surface area contributed by atoms with Gasteiger partial charge in [0.05, 0.1) is 10.6 Å². The van der Waals surface area contributed by atoms with Crippen molar-refractivity contribution in [3.05, 3.63) is 35.5 Å². The Hall–Kier alpha value is -2.35. The average molecular weight is 308 g/mol. The fourth-order valence-electron chi connectivity index (χ4n) is 1.94. The maximum atomic E-state index is 11.6. The second kappa shape index (κ2) is 5.21. The van der Waals surface area contributed by atoms with Crippen LogP contribution in [0.4, 0.5) is 0 Å². The van der Waals surface area contributed by atoms with Crippen LogP contribution in [0.2, 0.25) is 0 Å². The zero-order chi connectivity index (χ0) is 15.8.